The van der Waals surface area contributed by atoms with E-state index in [1.54, 1.807) is 12.1 Å². The first-order valence-corrected chi connectivity index (χ1v) is 18.7. The summed E-state index contributed by atoms with van der Waals surface area (Å²) in [5.74, 6) is 0.839. The summed E-state index contributed by atoms with van der Waals surface area (Å²) in [4.78, 5) is 12.7. The van der Waals surface area contributed by atoms with Crippen LogP contribution in [0.25, 0.3) is 11.1 Å². The summed E-state index contributed by atoms with van der Waals surface area (Å²) in [5, 5.41) is 8.94. The molecule has 1 unspecified atom stereocenters. The minimum absolute atomic E-state index is 0.222. The van der Waals surface area contributed by atoms with Crippen molar-refractivity contribution in [3.63, 3.8) is 0 Å². The van der Waals surface area contributed by atoms with Gasteiger partial charge in [0.2, 0.25) is 0 Å². The average Bonchev–Trinajstić information content (AvgIpc) is 2.90. The molecule has 5 heteroatoms. The van der Waals surface area contributed by atoms with Gasteiger partial charge in [0.1, 0.15) is 5.75 Å². The number of ether oxygens (including phenoxy) is 1. The van der Waals surface area contributed by atoms with E-state index in [4.69, 9.17) is 10.00 Å². The zero-order chi connectivity index (χ0) is 23.9. The maximum Gasteiger partial charge on any atom is 0.343 e. The van der Waals surface area contributed by atoms with Gasteiger partial charge in [-0.2, -0.15) is 5.26 Å². The van der Waals surface area contributed by atoms with Crippen LogP contribution in [0.4, 0.5) is 0 Å². The molecule has 1 atom stereocenters. The van der Waals surface area contributed by atoms with Gasteiger partial charge in [-0.05, 0) is 71.8 Å². The van der Waals surface area contributed by atoms with Crippen molar-refractivity contribution in [2.45, 2.75) is 56.7 Å². The molecule has 0 heterocycles. The molecule has 0 aliphatic heterocycles. The molecule has 4 rings (SSSR count). The normalized spacial score (nSPS) is 19.0. The molecule has 0 bridgehead atoms. The van der Waals surface area contributed by atoms with Crippen LogP contribution in [0.15, 0.2) is 72.8 Å². The third-order valence-corrected chi connectivity index (χ3v) is 18.5. The van der Waals surface area contributed by atoms with Gasteiger partial charge in [-0.15, -0.1) is 0 Å². The average molecular weight is 484 g/mol. The van der Waals surface area contributed by atoms with Crippen LogP contribution in [0, 0.1) is 11.3 Å². The SMILES string of the molecule is CC[SiH]([SiH2]C)[C@H]1CC[C@H](c2ccc(C(=O)Oc3ccc(-c4ccc(C#N)cc4)cc3)cc2)CC1. The lowest BCUT2D eigenvalue weighted by molar-refractivity contribution is 0.0734. The number of hydrogen-bond acceptors (Lipinski definition) is 3. The quantitative estimate of drug-likeness (QED) is 0.221. The van der Waals surface area contributed by atoms with Crippen LogP contribution >= 0.6 is 0 Å². The van der Waals surface area contributed by atoms with Crippen LogP contribution in [-0.2, 0) is 0 Å². The lowest BCUT2D eigenvalue weighted by Gasteiger charge is -2.32. The topological polar surface area (TPSA) is 50.1 Å². The highest BCUT2D eigenvalue weighted by atomic mass is 29.2. The summed E-state index contributed by atoms with van der Waals surface area (Å²) in [6.07, 6.45) is 5.44. The first kappa shape index (κ1) is 24.2. The summed E-state index contributed by atoms with van der Waals surface area (Å²) < 4.78 is 5.60. The molecule has 0 aromatic heterocycles. The minimum Gasteiger partial charge on any atom is -0.423 e. The molecule has 3 aromatic carbocycles. The van der Waals surface area contributed by atoms with Gasteiger partial charge in [0.25, 0.3) is 0 Å². The summed E-state index contributed by atoms with van der Waals surface area (Å²) in [5.41, 5.74) is 5.70. The van der Waals surface area contributed by atoms with Crippen molar-refractivity contribution in [1.82, 2.24) is 0 Å². The van der Waals surface area contributed by atoms with Gasteiger partial charge in [0, 0.05) is 17.4 Å². The third-order valence-electron chi connectivity index (χ3n) is 7.52. The van der Waals surface area contributed by atoms with Gasteiger partial charge in [0.05, 0.1) is 17.2 Å². The second-order valence-electron chi connectivity index (χ2n) is 9.41. The van der Waals surface area contributed by atoms with E-state index in [-0.39, 0.29) is 15.0 Å². The fourth-order valence-electron chi connectivity index (χ4n) is 5.39. The number of rotatable bonds is 7. The second kappa shape index (κ2) is 11.5. The van der Waals surface area contributed by atoms with Crippen molar-refractivity contribution >= 4 is 23.3 Å². The molecule has 1 fully saturated rings. The van der Waals surface area contributed by atoms with E-state index >= 15 is 0 Å². The van der Waals surface area contributed by atoms with Gasteiger partial charge in [0.15, 0.2) is 0 Å². The second-order valence-corrected chi connectivity index (χ2v) is 19.1. The smallest absolute Gasteiger partial charge is 0.343 e. The molecule has 0 saturated heterocycles. The molecule has 1 aliphatic carbocycles. The molecule has 1 aliphatic rings. The van der Waals surface area contributed by atoms with Gasteiger partial charge in [-0.25, -0.2) is 4.79 Å². The highest BCUT2D eigenvalue weighted by molar-refractivity contribution is 7.12. The molecule has 0 amide bonds. The van der Waals surface area contributed by atoms with Crippen LogP contribution in [0.3, 0.4) is 0 Å². The lowest BCUT2D eigenvalue weighted by Crippen LogP contribution is -2.28. The van der Waals surface area contributed by atoms with E-state index in [2.05, 4.69) is 31.7 Å². The predicted molar refractivity (Wildman–Crippen MR) is 145 cm³/mol. The molecular formula is C29H33NO2Si2. The lowest BCUT2D eigenvalue weighted by atomic mass is 9.83. The van der Waals surface area contributed by atoms with E-state index in [0.717, 1.165) is 16.7 Å². The third kappa shape index (κ3) is 5.75. The Balaban J connectivity index is 1.33. The number of benzene rings is 3. The number of nitrogens with zero attached hydrogens (tertiary/aromatic N) is 1. The first-order valence-electron chi connectivity index (χ1n) is 12.5. The van der Waals surface area contributed by atoms with Crippen LogP contribution in [-0.4, -0.2) is 23.3 Å². The molecule has 174 valence electrons. The van der Waals surface area contributed by atoms with Crippen LogP contribution in [0.2, 0.25) is 18.1 Å². The predicted octanol–water partition coefficient (Wildman–Crippen LogP) is 6.43. The standard InChI is InChI=1S/C29H33NO2Si2/c1-3-34(33-2)28-18-14-25(15-19-28)23-8-10-26(11-9-23)29(31)32-27-16-12-24(13-17-27)22-6-4-21(20-30)5-7-22/h4-13,16-17,25,28,34H,3,14-15,18-19,33H2,1-2H3/t25-,28-,34?. The Hall–Kier alpha value is -2.95. The summed E-state index contributed by atoms with van der Waals surface area (Å²) in [6, 6.07) is 26.6. The fraction of sp³-hybridized carbons (Fsp3) is 0.310. The van der Waals surface area contributed by atoms with Crippen molar-refractivity contribution < 1.29 is 9.53 Å². The number of nitriles is 1. The van der Waals surface area contributed by atoms with Gasteiger partial charge in [-0.3, -0.25) is 0 Å². The molecule has 34 heavy (non-hydrogen) atoms. The summed E-state index contributed by atoms with van der Waals surface area (Å²) in [7, 11) is -0.188. The molecule has 0 N–H and O–H groups in total. The van der Waals surface area contributed by atoms with Crippen molar-refractivity contribution in [2.24, 2.45) is 0 Å². The Kier molecular flexibility index (Phi) is 8.15. The molecule has 1 saturated carbocycles. The minimum atomic E-state index is -0.410. The van der Waals surface area contributed by atoms with Gasteiger partial charge < -0.3 is 4.74 Å². The van der Waals surface area contributed by atoms with Crippen molar-refractivity contribution in [1.29, 1.82) is 5.26 Å². The highest BCUT2D eigenvalue weighted by Crippen LogP contribution is 2.40. The monoisotopic (exact) mass is 483 g/mol. The zero-order valence-electron chi connectivity index (χ0n) is 20.2. The number of carbonyl (C=O) groups excluding carboxylic acids is 1. The highest BCUT2D eigenvalue weighted by Gasteiger charge is 2.27. The Bertz CT molecular complexity index is 1120. The van der Waals surface area contributed by atoms with Crippen molar-refractivity contribution in [3.8, 4) is 22.9 Å². The number of carbonyl (C=O) groups is 1. The number of hydrogen-bond donors (Lipinski definition) is 0. The zero-order valence-corrected chi connectivity index (χ0v) is 22.7. The van der Waals surface area contributed by atoms with Crippen LogP contribution in [0.5, 0.6) is 5.75 Å². The summed E-state index contributed by atoms with van der Waals surface area (Å²) >= 11 is 0. The van der Waals surface area contributed by atoms with E-state index < -0.39 is 8.31 Å². The van der Waals surface area contributed by atoms with Crippen molar-refractivity contribution in [3.05, 3.63) is 89.5 Å². The van der Waals surface area contributed by atoms with E-state index in [1.807, 2.05) is 48.5 Å². The maximum atomic E-state index is 12.7. The van der Waals surface area contributed by atoms with E-state index in [9.17, 15) is 4.79 Å². The Labute approximate surface area is 207 Å². The fourth-order valence-corrected chi connectivity index (χ4v) is 13.8. The van der Waals surface area contributed by atoms with Crippen molar-refractivity contribution in [2.75, 3.05) is 0 Å². The molecule has 0 spiro atoms. The Morgan fingerprint density at radius 1 is 0.941 bits per heavy atom. The molecule has 3 nitrogen and oxygen atoms in total. The van der Waals surface area contributed by atoms with E-state index in [1.165, 1.54) is 37.3 Å². The van der Waals surface area contributed by atoms with Gasteiger partial charge >= 0.3 is 5.97 Å². The Morgan fingerprint density at radius 3 is 2.06 bits per heavy atom. The summed E-state index contributed by atoms with van der Waals surface area (Å²) in [6.45, 7) is 4.94. The van der Waals surface area contributed by atoms with Crippen LogP contribution < -0.4 is 4.74 Å². The maximum absolute atomic E-state index is 12.7. The Morgan fingerprint density at radius 2 is 1.53 bits per heavy atom. The first-order chi connectivity index (χ1) is 16.6. The van der Waals surface area contributed by atoms with Crippen LogP contribution in [0.1, 0.15) is 60.0 Å². The van der Waals surface area contributed by atoms with E-state index in [0.29, 0.717) is 22.8 Å². The molecule has 0 radical (unpaired) electrons. The molecular weight excluding hydrogens is 450 g/mol. The number of esters is 1. The molecule has 3 aromatic rings. The largest absolute Gasteiger partial charge is 0.423 e. The van der Waals surface area contributed by atoms with Gasteiger partial charge in [-0.1, -0.05) is 74.3 Å².